The van der Waals surface area contributed by atoms with Gasteiger partial charge in [0.05, 0.1) is 0 Å². The predicted octanol–water partition coefficient (Wildman–Crippen LogP) is 3.63. The molecule has 0 aromatic heterocycles. The van der Waals surface area contributed by atoms with Crippen LogP contribution in [0.3, 0.4) is 0 Å². The number of thioether (sulfide) groups is 2. The van der Waals surface area contributed by atoms with E-state index in [1.807, 2.05) is 16.9 Å². The Balaban J connectivity index is 2.03. The Morgan fingerprint density at radius 2 is 2.21 bits per heavy atom. The summed E-state index contributed by atoms with van der Waals surface area (Å²) in [6.07, 6.45) is 2.83. The van der Waals surface area contributed by atoms with Crippen LogP contribution in [0.4, 0.5) is 0 Å². The van der Waals surface area contributed by atoms with Gasteiger partial charge in [-0.05, 0) is 17.2 Å². The van der Waals surface area contributed by atoms with Gasteiger partial charge in [-0.2, -0.15) is 0 Å². The highest BCUT2D eigenvalue weighted by molar-refractivity contribution is 8.21. The summed E-state index contributed by atoms with van der Waals surface area (Å²) >= 11 is 3.36. The number of rotatable bonds is 3. The molecule has 2 rings (SSSR count). The van der Waals surface area contributed by atoms with E-state index in [9.17, 15) is 9.13 Å². The average Bonchev–Trinajstić information content (AvgIpc) is 2.87. The van der Waals surface area contributed by atoms with E-state index in [4.69, 9.17) is 0 Å². The van der Waals surface area contributed by atoms with Crippen LogP contribution in [0.15, 0.2) is 22.2 Å². The number of hydrogen-bond donors (Lipinski definition) is 0. The smallest absolute Gasteiger partial charge is 0.154 e. The van der Waals surface area contributed by atoms with Gasteiger partial charge in [-0.25, -0.2) is 0 Å². The second kappa shape index (κ2) is 5.12. The van der Waals surface area contributed by atoms with Crippen LogP contribution >= 0.6 is 38.5 Å². The molecule has 3 atom stereocenters. The van der Waals surface area contributed by atoms with E-state index >= 15 is 0 Å². The molecular formula is C8H12O2P2S2. The van der Waals surface area contributed by atoms with Crippen LogP contribution in [0.1, 0.15) is 6.42 Å². The molecule has 0 bridgehead atoms. The van der Waals surface area contributed by atoms with E-state index in [0.717, 1.165) is 23.2 Å². The van der Waals surface area contributed by atoms with Gasteiger partial charge in [-0.1, -0.05) is 6.08 Å². The molecule has 2 heterocycles. The van der Waals surface area contributed by atoms with Crippen LogP contribution < -0.4 is 0 Å². The van der Waals surface area contributed by atoms with Gasteiger partial charge in [0, 0.05) is 22.5 Å². The fourth-order valence-electron chi connectivity index (χ4n) is 1.41. The van der Waals surface area contributed by atoms with Crippen LogP contribution in [0.5, 0.6) is 0 Å². The van der Waals surface area contributed by atoms with Gasteiger partial charge in [0.2, 0.25) is 0 Å². The highest BCUT2D eigenvalue weighted by atomic mass is 32.2. The van der Waals surface area contributed by atoms with Crippen molar-refractivity contribution in [3.8, 4) is 0 Å². The van der Waals surface area contributed by atoms with Gasteiger partial charge in [0.1, 0.15) is 7.49 Å². The summed E-state index contributed by atoms with van der Waals surface area (Å²) < 4.78 is 23.9. The van der Waals surface area contributed by atoms with E-state index in [1.165, 1.54) is 0 Å². The van der Waals surface area contributed by atoms with Crippen molar-refractivity contribution in [2.45, 2.75) is 12.1 Å². The minimum absolute atomic E-state index is 0.0860. The minimum Gasteiger partial charge on any atom is -0.318 e. The van der Waals surface area contributed by atoms with Gasteiger partial charge in [0.25, 0.3) is 0 Å². The topological polar surface area (TPSA) is 34.1 Å². The maximum absolute atomic E-state index is 11.9. The van der Waals surface area contributed by atoms with Crippen molar-refractivity contribution < 1.29 is 9.13 Å². The second-order valence-corrected chi connectivity index (χ2v) is 10.8. The first-order valence-corrected chi connectivity index (χ1v) is 10.5. The zero-order valence-electron chi connectivity index (χ0n) is 7.56. The largest absolute Gasteiger partial charge is 0.318 e. The van der Waals surface area contributed by atoms with Crippen molar-refractivity contribution in [3.05, 3.63) is 22.2 Å². The lowest BCUT2D eigenvalue weighted by molar-refractivity contribution is 0.580. The summed E-state index contributed by atoms with van der Waals surface area (Å²) in [5, 5.41) is 4.89. The SMILES string of the molecule is O=[PH](C1=CSCC1)[PH](=O)C1C=CSC1. The van der Waals surface area contributed by atoms with Crippen molar-refractivity contribution in [1.29, 1.82) is 0 Å². The number of allylic oxidation sites excluding steroid dienone is 2. The van der Waals surface area contributed by atoms with E-state index in [-0.39, 0.29) is 5.66 Å². The molecule has 3 unspecified atom stereocenters. The molecule has 0 aliphatic carbocycles. The number of hydrogen-bond acceptors (Lipinski definition) is 4. The van der Waals surface area contributed by atoms with Crippen molar-refractivity contribution in [2.75, 3.05) is 11.5 Å². The van der Waals surface area contributed by atoms with Crippen LogP contribution in [-0.4, -0.2) is 17.2 Å². The summed E-state index contributed by atoms with van der Waals surface area (Å²) in [6.45, 7) is 0. The third-order valence-corrected chi connectivity index (χ3v) is 10.5. The molecule has 0 amide bonds. The van der Waals surface area contributed by atoms with Crippen molar-refractivity contribution in [2.24, 2.45) is 0 Å². The molecule has 2 aliphatic rings. The Morgan fingerprint density at radius 1 is 1.36 bits per heavy atom. The standard InChI is InChI=1S/C8H12O2P2S2/c9-11(7-1-3-13-5-7)12(10)8-2-4-14-6-8/h1,3,6-7,11-12H,2,4-5H2. The molecule has 0 spiro atoms. The highest BCUT2D eigenvalue weighted by Crippen LogP contribution is 2.63. The molecule has 0 N–H and O–H groups in total. The molecule has 0 fully saturated rings. The average molecular weight is 266 g/mol. The molecule has 2 nitrogen and oxygen atoms in total. The van der Waals surface area contributed by atoms with Gasteiger partial charge in [-0.15, -0.1) is 23.5 Å². The van der Waals surface area contributed by atoms with Crippen LogP contribution in [-0.2, 0) is 9.13 Å². The summed E-state index contributed by atoms with van der Waals surface area (Å²) in [6, 6.07) is 0. The summed E-state index contributed by atoms with van der Waals surface area (Å²) in [7, 11) is -3.88. The molecule has 78 valence electrons. The first-order valence-electron chi connectivity index (χ1n) is 4.46. The molecule has 0 saturated heterocycles. The normalized spacial score (nSPS) is 30.3. The first-order chi connectivity index (χ1) is 6.79. The van der Waals surface area contributed by atoms with E-state index in [2.05, 4.69) is 0 Å². The maximum atomic E-state index is 11.9. The summed E-state index contributed by atoms with van der Waals surface area (Å²) in [5.74, 6) is 1.87. The lowest BCUT2D eigenvalue weighted by atomic mass is 10.5. The Labute approximate surface area is 93.5 Å². The second-order valence-electron chi connectivity index (χ2n) is 3.23. The van der Waals surface area contributed by atoms with Crippen molar-refractivity contribution in [3.63, 3.8) is 0 Å². The van der Waals surface area contributed by atoms with E-state index in [0.29, 0.717) is 0 Å². The summed E-state index contributed by atoms with van der Waals surface area (Å²) in [4.78, 5) is 0. The van der Waals surface area contributed by atoms with Gasteiger partial charge in [-0.3, -0.25) is 0 Å². The van der Waals surface area contributed by atoms with Crippen LogP contribution in [0.25, 0.3) is 0 Å². The molecular weight excluding hydrogens is 254 g/mol. The van der Waals surface area contributed by atoms with Gasteiger partial charge < -0.3 is 9.13 Å². The van der Waals surface area contributed by atoms with Gasteiger partial charge >= 0.3 is 0 Å². The van der Waals surface area contributed by atoms with Crippen LogP contribution in [0, 0.1) is 0 Å². The lowest BCUT2D eigenvalue weighted by Gasteiger charge is -2.07. The fourth-order valence-corrected chi connectivity index (χ4v) is 9.99. The molecule has 0 saturated carbocycles. The van der Waals surface area contributed by atoms with E-state index in [1.54, 1.807) is 23.5 Å². The monoisotopic (exact) mass is 266 g/mol. The van der Waals surface area contributed by atoms with Crippen molar-refractivity contribution in [1.82, 2.24) is 0 Å². The first kappa shape index (κ1) is 11.1. The van der Waals surface area contributed by atoms with Crippen LogP contribution in [0.2, 0.25) is 0 Å². The van der Waals surface area contributed by atoms with Crippen molar-refractivity contribution >= 4 is 38.5 Å². The third-order valence-electron chi connectivity index (χ3n) is 2.25. The molecule has 2 aliphatic heterocycles. The molecule has 0 aromatic rings. The Hall–Kier alpha value is 0.640. The van der Waals surface area contributed by atoms with E-state index < -0.39 is 15.0 Å². The Kier molecular flexibility index (Phi) is 4.07. The maximum Gasteiger partial charge on any atom is 0.154 e. The summed E-state index contributed by atoms with van der Waals surface area (Å²) in [5.41, 5.74) is 0.0860. The highest BCUT2D eigenvalue weighted by Gasteiger charge is 2.25. The third kappa shape index (κ3) is 2.41. The Bertz CT molecular complexity index is 338. The fraction of sp³-hybridized carbons (Fsp3) is 0.500. The van der Waals surface area contributed by atoms with Gasteiger partial charge in [0.15, 0.2) is 7.49 Å². The minimum atomic E-state index is -1.96. The quantitative estimate of drug-likeness (QED) is 0.730. The zero-order valence-corrected chi connectivity index (χ0v) is 11.2. The molecule has 0 aromatic carbocycles. The Morgan fingerprint density at radius 3 is 2.79 bits per heavy atom. The molecule has 14 heavy (non-hydrogen) atoms. The zero-order chi connectivity index (χ0) is 9.97. The predicted molar refractivity (Wildman–Crippen MR) is 68.5 cm³/mol. The molecule has 6 heteroatoms. The molecule has 0 radical (unpaired) electrons. The lowest BCUT2D eigenvalue weighted by Crippen LogP contribution is -1.94.